The van der Waals surface area contributed by atoms with Crippen molar-refractivity contribution in [2.24, 2.45) is 4.99 Å². The second-order valence-electron chi connectivity index (χ2n) is 5.11. The molecule has 4 nitrogen and oxygen atoms in total. The molecule has 0 saturated heterocycles. The zero-order chi connectivity index (χ0) is 15.4. The molecule has 2 aromatic rings. The van der Waals surface area contributed by atoms with E-state index in [1.807, 2.05) is 30.3 Å². The van der Waals surface area contributed by atoms with Crippen LogP contribution in [0.25, 0.3) is 6.08 Å². The summed E-state index contributed by atoms with van der Waals surface area (Å²) < 4.78 is 5.22. The van der Waals surface area contributed by atoms with Gasteiger partial charge >= 0.3 is 5.97 Å². The van der Waals surface area contributed by atoms with Gasteiger partial charge in [0.15, 0.2) is 11.6 Å². The molecule has 1 aromatic heterocycles. The highest BCUT2D eigenvalue weighted by atomic mass is 16.6. The molecule has 0 unspecified atom stereocenters. The van der Waals surface area contributed by atoms with Crippen LogP contribution in [-0.4, -0.2) is 16.9 Å². The lowest BCUT2D eigenvalue weighted by atomic mass is 10.0. The van der Waals surface area contributed by atoms with Crippen LogP contribution in [0.3, 0.4) is 0 Å². The molecule has 2 heterocycles. The third-order valence-corrected chi connectivity index (χ3v) is 3.51. The third-order valence-electron chi connectivity index (χ3n) is 3.51. The van der Waals surface area contributed by atoms with Crippen LogP contribution in [0.5, 0.6) is 0 Å². The number of esters is 1. The Bertz CT molecular complexity index is 749. The van der Waals surface area contributed by atoms with Crippen molar-refractivity contribution in [3.05, 3.63) is 71.2 Å². The number of aromatic nitrogens is 1. The zero-order valence-corrected chi connectivity index (χ0v) is 12.3. The molecular weight excluding hydrogens is 276 g/mol. The molecule has 1 aliphatic heterocycles. The van der Waals surface area contributed by atoms with Gasteiger partial charge < -0.3 is 4.74 Å². The topological polar surface area (TPSA) is 51.5 Å². The number of hydrogen-bond donors (Lipinski definition) is 0. The highest BCUT2D eigenvalue weighted by Crippen LogP contribution is 2.18. The molecule has 0 N–H and O–H groups in total. The van der Waals surface area contributed by atoms with Gasteiger partial charge in [-0.05, 0) is 42.7 Å². The second kappa shape index (κ2) is 6.35. The minimum absolute atomic E-state index is 0.304. The Morgan fingerprint density at radius 2 is 1.91 bits per heavy atom. The normalized spacial score (nSPS) is 15.8. The molecule has 0 radical (unpaired) electrons. The molecule has 22 heavy (non-hydrogen) atoms. The molecule has 0 fully saturated rings. The number of carbonyl (C=O) groups excluding carboxylic acids is 1. The Morgan fingerprint density at radius 1 is 1.09 bits per heavy atom. The summed E-state index contributed by atoms with van der Waals surface area (Å²) in [7, 11) is 0. The summed E-state index contributed by atoms with van der Waals surface area (Å²) in [6.45, 7) is 2.07. The average molecular weight is 292 g/mol. The van der Waals surface area contributed by atoms with Crippen molar-refractivity contribution < 1.29 is 9.53 Å². The molecule has 0 bridgehead atoms. The van der Waals surface area contributed by atoms with Gasteiger partial charge in [-0.15, -0.1) is 0 Å². The molecule has 0 saturated carbocycles. The van der Waals surface area contributed by atoms with Crippen LogP contribution in [0.4, 0.5) is 0 Å². The van der Waals surface area contributed by atoms with E-state index in [1.165, 1.54) is 11.1 Å². The number of carbonyl (C=O) groups is 1. The summed E-state index contributed by atoms with van der Waals surface area (Å²) in [6.07, 6.45) is 4.73. The first kappa shape index (κ1) is 14.2. The summed E-state index contributed by atoms with van der Waals surface area (Å²) in [4.78, 5) is 20.3. The van der Waals surface area contributed by atoms with Crippen LogP contribution in [0.2, 0.25) is 0 Å². The summed E-state index contributed by atoms with van der Waals surface area (Å²) in [5.74, 6) is 0.0564. The largest absolute Gasteiger partial charge is 0.407 e. The van der Waals surface area contributed by atoms with Crippen molar-refractivity contribution >= 4 is 17.9 Å². The van der Waals surface area contributed by atoms with Crippen molar-refractivity contribution in [1.29, 1.82) is 0 Å². The number of aliphatic imine (C=N–C) groups is 1. The number of rotatable bonds is 4. The van der Waals surface area contributed by atoms with Gasteiger partial charge in [0, 0.05) is 12.6 Å². The van der Waals surface area contributed by atoms with Crippen LogP contribution in [0, 0.1) is 6.92 Å². The fourth-order valence-electron chi connectivity index (χ4n) is 2.29. The maximum absolute atomic E-state index is 11.8. The first-order chi connectivity index (χ1) is 10.7. The van der Waals surface area contributed by atoms with E-state index in [0.717, 1.165) is 6.42 Å². The summed E-state index contributed by atoms with van der Waals surface area (Å²) in [6, 6.07) is 13.7. The Labute approximate surface area is 129 Å². The van der Waals surface area contributed by atoms with E-state index in [-0.39, 0.29) is 0 Å². The fourth-order valence-corrected chi connectivity index (χ4v) is 2.29. The zero-order valence-electron chi connectivity index (χ0n) is 12.3. The van der Waals surface area contributed by atoms with Crippen LogP contribution >= 0.6 is 0 Å². The number of aryl methyl sites for hydroxylation is 2. The fraction of sp³-hybridized carbons (Fsp3) is 0.167. The number of hydrogen-bond acceptors (Lipinski definition) is 4. The van der Waals surface area contributed by atoms with E-state index < -0.39 is 5.97 Å². The van der Waals surface area contributed by atoms with Gasteiger partial charge in [-0.3, -0.25) is 4.98 Å². The number of cyclic esters (lactones) is 1. The Morgan fingerprint density at radius 3 is 2.68 bits per heavy atom. The molecule has 110 valence electrons. The molecule has 3 rings (SSSR count). The predicted octanol–water partition coefficient (Wildman–Crippen LogP) is 3.32. The van der Waals surface area contributed by atoms with Gasteiger partial charge in [0.05, 0.1) is 5.69 Å². The number of ether oxygens (including phenoxy) is 1. The number of benzene rings is 1. The summed E-state index contributed by atoms with van der Waals surface area (Å²) >= 11 is 0. The number of nitrogens with zero attached hydrogens (tertiary/aromatic N) is 2. The van der Waals surface area contributed by atoms with Gasteiger partial charge in [0.1, 0.15) is 0 Å². The van der Waals surface area contributed by atoms with Crippen LogP contribution in [-0.2, 0) is 16.0 Å². The maximum atomic E-state index is 11.8. The lowest BCUT2D eigenvalue weighted by Crippen LogP contribution is -2.05. The van der Waals surface area contributed by atoms with Crippen molar-refractivity contribution in [3.63, 3.8) is 0 Å². The molecule has 0 aliphatic carbocycles. The lowest BCUT2D eigenvalue weighted by molar-refractivity contribution is -0.130. The summed E-state index contributed by atoms with van der Waals surface area (Å²) in [5.41, 5.74) is 3.47. The standard InChI is InChI=1S/C18H16N2O2/c1-13-6-2-3-7-14(13)9-10-17-20-16(18(21)22-17)12-15-8-4-5-11-19-15/h2-8,11-12H,9-10H2,1H3/b16-12+. The highest BCUT2D eigenvalue weighted by molar-refractivity contribution is 6.07. The van der Waals surface area contributed by atoms with E-state index in [9.17, 15) is 4.79 Å². The van der Waals surface area contributed by atoms with Crippen molar-refractivity contribution in [2.75, 3.05) is 0 Å². The minimum atomic E-state index is -0.412. The van der Waals surface area contributed by atoms with Gasteiger partial charge in [-0.1, -0.05) is 30.3 Å². The lowest BCUT2D eigenvalue weighted by Gasteiger charge is -2.04. The molecule has 4 heteroatoms. The Kier molecular flexibility index (Phi) is 4.10. The predicted molar refractivity (Wildman–Crippen MR) is 85.2 cm³/mol. The van der Waals surface area contributed by atoms with Crippen molar-refractivity contribution in [2.45, 2.75) is 19.8 Å². The SMILES string of the molecule is Cc1ccccc1CCC1=N/C(=C/c2ccccn2)C(=O)O1. The van der Waals surface area contributed by atoms with E-state index in [0.29, 0.717) is 23.7 Å². The molecule has 1 aromatic carbocycles. The van der Waals surface area contributed by atoms with Crippen molar-refractivity contribution in [1.82, 2.24) is 4.98 Å². The first-order valence-electron chi connectivity index (χ1n) is 7.19. The first-order valence-corrected chi connectivity index (χ1v) is 7.19. The minimum Gasteiger partial charge on any atom is -0.407 e. The molecule has 1 aliphatic rings. The molecular formula is C18H16N2O2. The molecule has 0 atom stereocenters. The average Bonchev–Trinajstić information content (AvgIpc) is 2.88. The summed E-state index contributed by atoms with van der Waals surface area (Å²) in [5, 5.41) is 0. The van der Waals surface area contributed by atoms with Gasteiger partial charge in [-0.25, -0.2) is 9.79 Å². The van der Waals surface area contributed by atoms with Crippen LogP contribution in [0.1, 0.15) is 23.2 Å². The van der Waals surface area contributed by atoms with Crippen LogP contribution in [0.15, 0.2) is 59.4 Å². The Balaban J connectivity index is 1.71. The van der Waals surface area contributed by atoms with E-state index in [2.05, 4.69) is 29.0 Å². The van der Waals surface area contributed by atoms with Crippen LogP contribution < -0.4 is 0 Å². The van der Waals surface area contributed by atoms with Crippen molar-refractivity contribution in [3.8, 4) is 0 Å². The van der Waals surface area contributed by atoms with E-state index in [1.54, 1.807) is 12.3 Å². The smallest absolute Gasteiger partial charge is 0.363 e. The Hall–Kier alpha value is -2.75. The number of pyridine rings is 1. The molecule has 0 amide bonds. The second-order valence-corrected chi connectivity index (χ2v) is 5.11. The highest BCUT2D eigenvalue weighted by Gasteiger charge is 2.22. The van der Waals surface area contributed by atoms with Gasteiger partial charge in [0.25, 0.3) is 0 Å². The maximum Gasteiger partial charge on any atom is 0.363 e. The van der Waals surface area contributed by atoms with Gasteiger partial charge in [-0.2, -0.15) is 0 Å². The van der Waals surface area contributed by atoms with Gasteiger partial charge in [0.2, 0.25) is 0 Å². The van der Waals surface area contributed by atoms with E-state index >= 15 is 0 Å². The quantitative estimate of drug-likeness (QED) is 0.641. The van der Waals surface area contributed by atoms with E-state index in [4.69, 9.17) is 4.74 Å². The third kappa shape index (κ3) is 3.28. The molecule has 0 spiro atoms. The monoisotopic (exact) mass is 292 g/mol.